The maximum absolute atomic E-state index is 12.5. The number of ketones is 1. The van der Waals surface area contributed by atoms with Crippen LogP contribution in [0.25, 0.3) is 0 Å². The van der Waals surface area contributed by atoms with E-state index in [-0.39, 0.29) is 22.9 Å². The van der Waals surface area contributed by atoms with Gasteiger partial charge in [0.25, 0.3) is 0 Å². The van der Waals surface area contributed by atoms with Crippen molar-refractivity contribution in [1.82, 2.24) is 0 Å². The molecule has 0 fully saturated rings. The molecule has 2 rings (SSSR count). The number of ether oxygens (including phenoxy) is 1. The summed E-state index contributed by atoms with van der Waals surface area (Å²) >= 11 is 1.72. The fourth-order valence-electron chi connectivity index (χ4n) is 3.06. The minimum absolute atomic E-state index is 0.0477. The molecule has 0 saturated heterocycles. The molecule has 2 heterocycles. The van der Waals surface area contributed by atoms with Crippen molar-refractivity contribution in [3.05, 3.63) is 20.9 Å². The van der Waals surface area contributed by atoms with Gasteiger partial charge in [-0.2, -0.15) is 0 Å². The number of fused-ring (bicyclic) bond motifs is 1. The Hall–Kier alpha value is -0.670. The Morgan fingerprint density at radius 3 is 2.37 bits per heavy atom. The first-order valence-electron chi connectivity index (χ1n) is 6.92. The standard InChI is InChI=1S/C16H24O2S/c1-9(2)13(17)12-10(3)19-14-11(12)8-15(4,5)18-16(14,6)7/h9H,8H2,1-7H3. The van der Waals surface area contributed by atoms with Gasteiger partial charge in [-0.25, -0.2) is 0 Å². The molecule has 0 N–H and O–H groups in total. The monoisotopic (exact) mass is 280 g/mol. The molecule has 0 unspecified atom stereocenters. The normalized spacial score (nSPS) is 20.4. The van der Waals surface area contributed by atoms with Gasteiger partial charge in [0, 0.05) is 27.7 Å². The van der Waals surface area contributed by atoms with Crippen LogP contribution in [0, 0.1) is 12.8 Å². The summed E-state index contributed by atoms with van der Waals surface area (Å²) in [6.45, 7) is 14.4. The van der Waals surface area contributed by atoms with Crippen molar-refractivity contribution in [1.29, 1.82) is 0 Å². The smallest absolute Gasteiger partial charge is 0.166 e. The summed E-state index contributed by atoms with van der Waals surface area (Å²) in [6.07, 6.45) is 0.823. The highest BCUT2D eigenvalue weighted by Crippen LogP contribution is 2.46. The SMILES string of the molecule is Cc1sc2c(c1C(=O)C(C)C)CC(C)(C)OC2(C)C. The first kappa shape index (κ1) is 14.7. The third kappa shape index (κ3) is 2.50. The lowest BCUT2D eigenvalue weighted by molar-refractivity contribution is -0.135. The Kier molecular flexibility index (Phi) is 3.43. The van der Waals surface area contributed by atoms with Gasteiger partial charge in [0.1, 0.15) is 0 Å². The van der Waals surface area contributed by atoms with E-state index in [1.165, 1.54) is 10.4 Å². The van der Waals surface area contributed by atoms with Crippen LogP contribution in [0.1, 0.15) is 67.2 Å². The van der Waals surface area contributed by atoms with Gasteiger partial charge in [-0.3, -0.25) is 4.79 Å². The Morgan fingerprint density at radius 2 is 1.84 bits per heavy atom. The second kappa shape index (κ2) is 4.42. The van der Waals surface area contributed by atoms with Crippen LogP contribution < -0.4 is 0 Å². The van der Waals surface area contributed by atoms with Gasteiger partial charge in [-0.05, 0) is 40.2 Å². The average Bonchev–Trinajstić information content (AvgIpc) is 2.51. The van der Waals surface area contributed by atoms with Crippen molar-refractivity contribution < 1.29 is 9.53 Å². The summed E-state index contributed by atoms with van der Waals surface area (Å²) in [5, 5.41) is 0. The van der Waals surface area contributed by atoms with Gasteiger partial charge < -0.3 is 4.74 Å². The van der Waals surface area contributed by atoms with Crippen LogP contribution in [-0.4, -0.2) is 11.4 Å². The van der Waals surface area contributed by atoms with E-state index in [2.05, 4.69) is 34.6 Å². The molecule has 1 aliphatic heterocycles. The van der Waals surface area contributed by atoms with Crippen molar-refractivity contribution in [2.45, 2.75) is 66.1 Å². The predicted molar refractivity (Wildman–Crippen MR) is 80.1 cm³/mol. The number of Topliss-reactive ketones (excluding diaryl/α,β-unsaturated/α-hetero) is 1. The molecule has 0 aliphatic carbocycles. The fourth-order valence-corrected chi connectivity index (χ4v) is 4.27. The van der Waals surface area contributed by atoms with Crippen molar-refractivity contribution in [3.8, 4) is 0 Å². The molecule has 1 aromatic heterocycles. The van der Waals surface area contributed by atoms with Gasteiger partial charge in [-0.1, -0.05) is 13.8 Å². The van der Waals surface area contributed by atoms with Crippen molar-refractivity contribution in [3.63, 3.8) is 0 Å². The Morgan fingerprint density at radius 1 is 1.26 bits per heavy atom. The van der Waals surface area contributed by atoms with E-state index in [1.54, 1.807) is 11.3 Å². The van der Waals surface area contributed by atoms with Gasteiger partial charge in [0.2, 0.25) is 0 Å². The molecule has 0 atom stereocenters. The highest BCUT2D eigenvalue weighted by Gasteiger charge is 2.42. The van der Waals surface area contributed by atoms with E-state index in [0.29, 0.717) is 0 Å². The third-order valence-electron chi connectivity index (χ3n) is 3.63. The van der Waals surface area contributed by atoms with E-state index in [4.69, 9.17) is 4.74 Å². The van der Waals surface area contributed by atoms with Crippen LogP contribution in [0.3, 0.4) is 0 Å². The molecule has 1 aromatic rings. The minimum atomic E-state index is -0.304. The predicted octanol–water partition coefficient (Wildman–Crippen LogP) is 4.48. The van der Waals surface area contributed by atoms with Crippen LogP contribution in [0.15, 0.2) is 0 Å². The summed E-state index contributed by atoms with van der Waals surface area (Å²) in [6, 6.07) is 0. The van der Waals surface area contributed by atoms with E-state index < -0.39 is 0 Å². The molecule has 2 nitrogen and oxygen atoms in total. The number of carbonyl (C=O) groups is 1. The Bertz CT molecular complexity index is 521. The molecule has 106 valence electrons. The molecule has 0 bridgehead atoms. The second-order valence-corrected chi connectivity index (χ2v) is 8.13. The van der Waals surface area contributed by atoms with Crippen LogP contribution in [0.4, 0.5) is 0 Å². The zero-order valence-electron chi connectivity index (χ0n) is 13.0. The molecule has 1 aliphatic rings. The fraction of sp³-hybridized carbons (Fsp3) is 0.688. The van der Waals surface area contributed by atoms with Crippen LogP contribution in [0.2, 0.25) is 0 Å². The van der Waals surface area contributed by atoms with Crippen LogP contribution >= 0.6 is 11.3 Å². The first-order valence-corrected chi connectivity index (χ1v) is 7.74. The topological polar surface area (TPSA) is 26.3 Å². The number of carbonyl (C=O) groups excluding carboxylic acids is 1. The van der Waals surface area contributed by atoms with Crippen molar-refractivity contribution in [2.24, 2.45) is 5.92 Å². The quantitative estimate of drug-likeness (QED) is 0.746. The minimum Gasteiger partial charge on any atom is -0.364 e. The highest BCUT2D eigenvalue weighted by atomic mass is 32.1. The third-order valence-corrected chi connectivity index (χ3v) is 5.09. The lowest BCUT2D eigenvalue weighted by atomic mass is 9.84. The maximum atomic E-state index is 12.5. The molecule has 0 amide bonds. The van der Waals surface area contributed by atoms with Gasteiger partial charge in [-0.15, -0.1) is 11.3 Å². The van der Waals surface area contributed by atoms with E-state index in [9.17, 15) is 4.79 Å². The lowest BCUT2D eigenvalue weighted by Gasteiger charge is -2.41. The molecular weight excluding hydrogens is 256 g/mol. The Balaban J connectivity index is 2.63. The molecule has 3 heteroatoms. The molecule has 0 radical (unpaired) electrons. The molecule has 0 spiro atoms. The van der Waals surface area contributed by atoms with E-state index in [0.717, 1.165) is 16.9 Å². The van der Waals surface area contributed by atoms with Gasteiger partial charge in [0.15, 0.2) is 5.78 Å². The zero-order chi connectivity index (χ0) is 14.6. The van der Waals surface area contributed by atoms with Crippen molar-refractivity contribution >= 4 is 17.1 Å². The zero-order valence-corrected chi connectivity index (χ0v) is 13.8. The van der Waals surface area contributed by atoms with Gasteiger partial charge >= 0.3 is 0 Å². The summed E-state index contributed by atoms with van der Waals surface area (Å²) in [5.41, 5.74) is 1.67. The maximum Gasteiger partial charge on any atom is 0.166 e. The first-order chi connectivity index (χ1) is 8.55. The summed E-state index contributed by atoms with van der Waals surface area (Å²) < 4.78 is 6.20. The van der Waals surface area contributed by atoms with Crippen LogP contribution in [0.5, 0.6) is 0 Å². The number of thiophene rings is 1. The van der Waals surface area contributed by atoms with Crippen molar-refractivity contribution in [2.75, 3.05) is 0 Å². The van der Waals surface area contributed by atoms with Gasteiger partial charge in [0.05, 0.1) is 11.2 Å². The Labute approximate surface area is 120 Å². The van der Waals surface area contributed by atoms with Crippen LogP contribution in [-0.2, 0) is 16.8 Å². The number of hydrogen-bond acceptors (Lipinski definition) is 3. The van der Waals surface area contributed by atoms with E-state index in [1.807, 2.05) is 13.8 Å². The summed E-state index contributed by atoms with van der Waals surface area (Å²) in [4.78, 5) is 14.9. The molecule has 19 heavy (non-hydrogen) atoms. The number of aryl methyl sites for hydroxylation is 1. The largest absolute Gasteiger partial charge is 0.364 e. The summed E-state index contributed by atoms with van der Waals surface area (Å²) in [7, 11) is 0. The molecule has 0 aromatic carbocycles. The van der Waals surface area contributed by atoms with E-state index >= 15 is 0 Å². The molecule has 0 saturated carbocycles. The summed E-state index contributed by atoms with van der Waals surface area (Å²) in [5.74, 6) is 0.315. The highest BCUT2D eigenvalue weighted by molar-refractivity contribution is 7.12. The molecular formula is C16H24O2S. The number of hydrogen-bond donors (Lipinski definition) is 0. The number of rotatable bonds is 2. The average molecular weight is 280 g/mol. The lowest BCUT2D eigenvalue weighted by Crippen LogP contribution is -2.42. The second-order valence-electron chi connectivity index (χ2n) is 6.91.